The zero-order valence-electron chi connectivity index (χ0n) is 17.4. The Morgan fingerprint density at radius 1 is 1.16 bits per heavy atom. The molecular formula is C20H26FN5O4S. The van der Waals surface area contributed by atoms with Crippen molar-refractivity contribution in [3.05, 3.63) is 35.6 Å². The lowest BCUT2D eigenvalue weighted by atomic mass is 9.96. The van der Waals surface area contributed by atoms with Gasteiger partial charge in [0, 0.05) is 27.2 Å². The second-order valence-electron chi connectivity index (χ2n) is 7.80. The number of rotatable bonds is 4. The number of amides is 4. The highest BCUT2D eigenvalue weighted by molar-refractivity contribution is 8.00. The molecule has 31 heavy (non-hydrogen) atoms. The molecule has 3 saturated heterocycles. The van der Waals surface area contributed by atoms with Crippen LogP contribution in [0.5, 0.6) is 0 Å². The molecule has 1 aromatic carbocycles. The molecule has 0 aromatic heterocycles. The van der Waals surface area contributed by atoms with Crippen LogP contribution in [0.1, 0.15) is 11.7 Å². The first kappa shape index (κ1) is 22.0. The first-order valence-corrected chi connectivity index (χ1v) is 11.2. The van der Waals surface area contributed by atoms with Gasteiger partial charge in [0.05, 0.1) is 42.6 Å². The minimum absolute atomic E-state index is 0.00967. The summed E-state index contributed by atoms with van der Waals surface area (Å²) in [5.41, 5.74) is 0.775. The number of carbonyl (C=O) groups is 3. The van der Waals surface area contributed by atoms with Gasteiger partial charge in [0.15, 0.2) is 0 Å². The standard InChI is InChI=1S/C20H26FN5O4S/c1-24-17-15(19(28)25(2)20(24)29)18(31-11-14(27)26-7-9-30-10-8-26)23-16(22-17)12-3-5-13(21)6-4-12/h3-6,15-18,22-23H,7-11H2,1-2H3. The highest BCUT2D eigenvalue weighted by Gasteiger charge is 2.51. The molecule has 0 spiro atoms. The monoisotopic (exact) mass is 451 g/mol. The fraction of sp³-hybridized carbons (Fsp3) is 0.550. The molecule has 0 aliphatic carbocycles. The number of morpholine rings is 1. The summed E-state index contributed by atoms with van der Waals surface area (Å²) in [4.78, 5) is 42.5. The minimum atomic E-state index is -0.577. The molecule has 168 valence electrons. The van der Waals surface area contributed by atoms with Crippen molar-refractivity contribution < 1.29 is 23.5 Å². The summed E-state index contributed by atoms with van der Waals surface area (Å²) in [5.74, 6) is -1.04. The smallest absolute Gasteiger partial charge is 0.327 e. The van der Waals surface area contributed by atoms with E-state index in [2.05, 4.69) is 10.6 Å². The van der Waals surface area contributed by atoms with E-state index in [0.717, 1.165) is 10.5 Å². The first-order chi connectivity index (χ1) is 14.9. The predicted octanol–water partition coefficient (Wildman–Crippen LogP) is 0.401. The number of urea groups is 1. The number of hydrogen-bond acceptors (Lipinski definition) is 7. The van der Waals surface area contributed by atoms with Gasteiger partial charge in [0.25, 0.3) is 0 Å². The highest BCUT2D eigenvalue weighted by Crippen LogP contribution is 2.34. The van der Waals surface area contributed by atoms with Crippen LogP contribution < -0.4 is 10.6 Å². The fourth-order valence-electron chi connectivity index (χ4n) is 4.11. The molecule has 3 aliphatic rings. The zero-order valence-corrected chi connectivity index (χ0v) is 18.2. The van der Waals surface area contributed by atoms with Gasteiger partial charge in [0.1, 0.15) is 5.82 Å². The van der Waals surface area contributed by atoms with Gasteiger partial charge in [-0.05, 0) is 17.7 Å². The van der Waals surface area contributed by atoms with Crippen molar-refractivity contribution in [2.75, 3.05) is 46.2 Å². The van der Waals surface area contributed by atoms with Crippen LogP contribution in [-0.2, 0) is 14.3 Å². The van der Waals surface area contributed by atoms with Crippen molar-refractivity contribution in [3.63, 3.8) is 0 Å². The Kier molecular flexibility index (Phi) is 6.47. The van der Waals surface area contributed by atoms with Crippen LogP contribution in [0, 0.1) is 11.7 Å². The normalized spacial score (nSPS) is 29.2. The molecule has 2 N–H and O–H groups in total. The molecule has 4 unspecified atom stereocenters. The maximum Gasteiger partial charge on any atom is 0.327 e. The van der Waals surface area contributed by atoms with Gasteiger partial charge in [-0.25, -0.2) is 9.18 Å². The molecule has 4 rings (SSSR count). The van der Waals surface area contributed by atoms with Gasteiger partial charge in [-0.2, -0.15) is 0 Å². The zero-order chi connectivity index (χ0) is 22.1. The highest BCUT2D eigenvalue weighted by atomic mass is 32.2. The van der Waals surface area contributed by atoms with Crippen LogP contribution in [0.4, 0.5) is 9.18 Å². The number of benzene rings is 1. The third kappa shape index (κ3) is 4.40. The Labute approximate surface area is 184 Å². The van der Waals surface area contributed by atoms with Crippen LogP contribution in [0.25, 0.3) is 0 Å². The molecular weight excluding hydrogens is 425 g/mol. The van der Waals surface area contributed by atoms with E-state index < -0.39 is 29.7 Å². The van der Waals surface area contributed by atoms with E-state index in [1.807, 2.05) is 0 Å². The van der Waals surface area contributed by atoms with E-state index in [0.29, 0.717) is 26.3 Å². The third-order valence-corrected chi connectivity index (χ3v) is 7.11. The largest absolute Gasteiger partial charge is 0.378 e. The van der Waals surface area contributed by atoms with Crippen LogP contribution in [0.3, 0.4) is 0 Å². The number of thioether (sulfide) groups is 1. The summed E-state index contributed by atoms with van der Waals surface area (Å²) >= 11 is 1.35. The van der Waals surface area contributed by atoms with Crippen molar-refractivity contribution >= 4 is 29.6 Å². The van der Waals surface area contributed by atoms with E-state index in [-0.39, 0.29) is 23.4 Å². The lowest BCUT2D eigenvalue weighted by Gasteiger charge is -2.50. The summed E-state index contributed by atoms with van der Waals surface area (Å²) in [6, 6.07) is 5.64. The quantitative estimate of drug-likeness (QED) is 0.685. The van der Waals surface area contributed by atoms with Crippen molar-refractivity contribution in [1.82, 2.24) is 25.3 Å². The van der Waals surface area contributed by atoms with Gasteiger partial charge in [-0.1, -0.05) is 12.1 Å². The summed E-state index contributed by atoms with van der Waals surface area (Å²) in [6.45, 7) is 2.16. The molecule has 0 bridgehead atoms. The fourth-order valence-corrected chi connectivity index (χ4v) is 5.32. The number of nitrogens with one attached hydrogen (secondary N) is 2. The van der Waals surface area contributed by atoms with Crippen LogP contribution in [-0.4, -0.2) is 90.2 Å². The Morgan fingerprint density at radius 3 is 2.52 bits per heavy atom. The van der Waals surface area contributed by atoms with Gasteiger partial charge in [-0.3, -0.25) is 25.1 Å². The first-order valence-electron chi connectivity index (χ1n) is 10.2. The van der Waals surface area contributed by atoms with E-state index in [1.54, 1.807) is 24.1 Å². The predicted molar refractivity (Wildman–Crippen MR) is 112 cm³/mol. The van der Waals surface area contributed by atoms with Gasteiger partial charge < -0.3 is 14.5 Å². The molecule has 1 aromatic rings. The van der Waals surface area contributed by atoms with Crippen molar-refractivity contribution in [3.8, 4) is 0 Å². The third-order valence-electron chi connectivity index (χ3n) is 5.91. The molecule has 9 nitrogen and oxygen atoms in total. The van der Waals surface area contributed by atoms with E-state index in [1.165, 1.54) is 35.8 Å². The van der Waals surface area contributed by atoms with E-state index >= 15 is 0 Å². The molecule has 3 heterocycles. The minimum Gasteiger partial charge on any atom is -0.378 e. The maximum atomic E-state index is 13.4. The molecule has 0 radical (unpaired) electrons. The van der Waals surface area contributed by atoms with Crippen molar-refractivity contribution in [2.45, 2.75) is 17.7 Å². The van der Waals surface area contributed by atoms with Crippen molar-refractivity contribution in [1.29, 1.82) is 0 Å². The molecule has 0 saturated carbocycles. The number of halogens is 1. The van der Waals surface area contributed by atoms with Crippen molar-refractivity contribution in [2.24, 2.45) is 5.92 Å². The van der Waals surface area contributed by atoms with Crippen LogP contribution in [0.15, 0.2) is 24.3 Å². The average Bonchev–Trinajstić information content (AvgIpc) is 2.80. The summed E-state index contributed by atoms with van der Waals surface area (Å²) in [7, 11) is 3.10. The van der Waals surface area contributed by atoms with Crippen LogP contribution >= 0.6 is 11.8 Å². The van der Waals surface area contributed by atoms with Gasteiger partial charge in [0.2, 0.25) is 11.8 Å². The van der Waals surface area contributed by atoms with E-state index in [4.69, 9.17) is 4.74 Å². The van der Waals surface area contributed by atoms with E-state index in [9.17, 15) is 18.8 Å². The number of ether oxygens (including phenoxy) is 1. The molecule has 4 amide bonds. The summed E-state index contributed by atoms with van der Waals surface area (Å²) in [5, 5.41) is 6.26. The lowest BCUT2D eigenvalue weighted by Crippen LogP contribution is -2.72. The number of hydrogen-bond donors (Lipinski definition) is 2. The SMILES string of the molecule is CN1C(=O)C2C(SCC(=O)N3CCOCC3)NC(c3ccc(F)cc3)NC2N(C)C1=O. The lowest BCUT2D eigenvalue weighted by molar-refractivity contribution is -0.140. The number of fused-ring (bicyclic) bond motifs is 1. The summed E-state index contributed by atoms with van der Waals surface area (Å²) < 4.78 is 18.7. The second-order valence-corrected chi connectivity index (χ2v) is 8.93. The van der Waals surface area contributed by atoms with Gasteiger partial charge in [-0.15, -0.1) is 11.8 Å². The Morgan fingerprint density at radius 2 is 1.84 bits per heavy atom. The Hall–Kier alpha value is -2.21. The molecule has 3 aliphatic heterocycles. The number of carbonyl (C=O) groups excluding carboxylic acids is 3. The molecule has 3 fully saturated rings. The van der Waals surface area contributed by atoms with Gasteiger partial charge >= 0.3 is 6.03 Å². The Bertz CT molecular complexity index is 850. The summed E-state index contributed by atoms with van der Waals surface area (Å²) in [6.07, 6.45) is -0.965. The second kappa shape index (κ2) is 9.11. The number of imide groups is 1. The van der Waals surface area contributed by atoms with Crippen LogP contribution in [0.2, 0.25) is 0 Å². The average molecular weight is 452 g/mol. The topological polar surface area (TPSA) is 94.2 Å². The number of nitrogens with zero attached hydrogens (tertiary/aromatic N) is 3. The molecule has 11 heteroatoms. The maximum absolute atomic E-state index is 13.4. The Balaban J connectivity index is 1.55. The molecule has 4 atom stereocenters.